The second-order valence-electron chi connectivity index (χ2n) is 5.64. The average molecular weight is 398 g/mol. The fourth-order valence-corrected chi connectivity index (χ4v) is 2.99. The lowest BCUT2D eigenvalue weighted by atomic mass is 10.0. The molecule has 3 N–H and O–H groups in total. The zero-order chi connectivity index (χ0) is 17.8. The predicted octanol–water partition coefficient (Wildman–Crippen LogP) is 2.82. The minimum atomic E-state index is -0.808. The number of nitrogens with zero attached hydrogens (tertiary/aromatic N) is 1. The van der Waals surface area contributed by atoms with E-state index in [-0.39, 0.29) is 5.91 Å². The molecule has 0 radical (unpaired) electrons. The molecule has 0 bridgehead atoms. The number of rotatable bonds is 5. The number of para-hydroxylation sites is 1. The van der Waals surface area contributed by atoms with Gasteiger partial charge < -0.3 is 11.1 Å². The van der Waals surface area contributed by atoms with Crippen molar-refractivity contribution in [3.8, 4) is 0 Å². The number of benzene rings is 2. The van der Waals surface area contributed by atoms with Gasteiger partial charge in [0.25, 0.3) is 5.91 Å². The van der Waals surface area contributed by atoms with Crippen LogP contribution >= 0.6 is 15.9 Å². The van der Waals surface area contributed by atoms with Crippen LogP contribution in [0.1, 0.15) is 15.9 Å². The minimum Gasteiger partial charge on any atom is -0.368 e. The van der Waals surface area contributed by atoms with Crippen LogP contribution in [0.2, 0.25) is 0 Å². The molecule has 0 fully saturated rings. The Bertz CT molecular complexity index is 943. The number of hydrogen-bond donors (Lipinski definition) is 2. The smallest absolute Gasteiger partial charge is 0.253 e. The fourth-order valence-electron chi connectivity index (χ4n) is 2.54. The van der Waals surface area contributed by atoms with Gasteiger partial charge in [0.05, 0.1) is 11.1 Å². The maximum absolute atomic E-state index is 12.5. The number of hydrogen-bond acceptors (Lipinski definition) is 3. The first-order valence-electron chi connectivity index (χ1n) is 7.73. The van der Waals surface area contributed by atoms with Crippen molar-refractivity contribution < 1.29 is 9.59 Å². The van der Waals surface area contributed by atoms with E-state index in [0.29, 0.717) is 12.0 Å². The summed E-state index contributed by atoms with van der Waals surface area (Å²) in [5.74, 6) is -0.966. The lowest BCUT2D eigenvalue weighted by molar-refractivity contribution is -0.119. The van der Waals surface area contributed by atoms with Gasteiger partial charge in [-0.2, -0.15) is 0 Å². The molecule has 2 aromatic carbocycles. The van der Waals surface area contributed by atoms with Crippen LogP contribution < -0.4 is 11.1 Å². The molecule has 0 saturated carbocycles. The van der Waals surface area contributed by atoms with Crippen molar-refractivity contribution >= 4 is 38.6 Å². The van der Waals surface area contributed by atoms with Crippen LogP contribution in [0.4, 0.5) is 0 Å². The van der Waals surface area contributed by atoms with Gasteiger partial charge in [0.1, 0.15) is 6.04 Å². The number of fused-ring (bicyclic) bond motifs is 1. The number of carbonyl (C=O) groups is 2. The number of nitrogens with two attached hydrogens (primary N) is 1. The zero-order valence-corrected chi connectivity index (χ0v) is 14.9. The summed E-state index contributed by atoms with van der Waals surface area (Å²) in [7, 11) is 0. The van der Waals surface area contributed by atoms with E-state index in [4.69, 9.17) is 5.73 Å². The normalized spacial score (nSPS) is 11.9. The van der Waals surface area contributed by atoms with E-state index in [2.05, 4.69) is 26.2 Å². The standard InChI is InChI=1S/C19H16BrN3O2/c20-15-7-3-1-5-12(15)10-17(18(21)24)23-19(25)14-9-13-6-2-4-8-16(13)22-11-14/h1-9,11,17H,10H2,(H2,21,24)(H,23,25)/t17-/m1/s1. The zero-order valence-electron chi connectivity index (χ0n) is 13.3. The van der Waals surface area contributed by atoms with Crippen molar-refractivity contribution in [1.82, 2.24) is 10.3 Å². The summed E-state index contributed by atoms with van der Waals surface area (Å²) in [6, 6.07) is 16.0. The Morgan fingerprint density at radius 2 is 1.84 bits per heavy atom. The van der Waals surface area contributed by atoms with E-state index in [1.54, 1.807) is 6.07 Å². The lowest BCUT2D eigenvalue weighted by Crippen LogP contribution is -2.45. The Labute approximate surface area is 153 Å². The van der Waals surface area contributed by atoms with Crippen LogP contribution in [-0.4, -0.2) is 22.8 Å². The summed E-state index contributed by atoms with van der Waals surface area (Å²) in [5, 5.41) is 3.56. The second kappa shape index (κ2) is 7.44. The van der Waals surface area contributed by atoms with Crippen molar-refractivity contribution in [2.75, 3.05) is 0 Å². The highest BCUT2D eigenvalue weighted by Crippen LogP contribution is 2.18. The molecule has 0 aliphatic heterocycles. The molecule has 1 atom stereocenters. The SMILES string of the molecule is NC(=O)[C@@H](Cc1ccccc1Br)NC(=O)c1cnc2ccccc2c1. The number of aromatic nitrogens is 1. The number of primary amides is 1. The Morgan fingerprint density at radius 3 is 2.60 bits per heavy atom. The first-order valence-corrected chi connectivity index (χ1v) is 8.52. The van der Waals surface area contributed by atoms with Gasteiger partial charge in [0.2, 0.25) is 5.91 Å². The van der Waals surface area contributed by atoms with E-state index in [1.807, 2.05) is 48.5 Å². The van der Waals surface area contributed by atoms with E-state index >= 15 is 0 Å². The molecule has 0 aliphatic carbocycles. The molecule has 25 heavy (non-hydrogen) atoms. The molecule has 126 valence electrons. The van der Waals surface area contributed by atoms with Gasteiger partial charge in [0.15, 0.2) is 0 Å². The largest absolute Gasteiger partial charge is 0.368 e. The first kappa shape index (κ1) is 17.1. The van der Waals surface area contributed by atoms with Crippen molar-refractivity contribution in [3.63, 3.8) is 0 Å². The monoisotopic (exact) mass is 397 g/mol. The molecule has 0 spiro atoms. The molecule has 1 aromatic heterocycles. The third-order valence-corrected chi connectivity index (χ3v) is 4.66. The quantitative estimate of drug-likeness (QED) is 0.693. The number of halogens is 1. The van der Waals surface area contributed by atoms with Gasteiger partial charge >= 0.3 is 0 Å². The third kappa shape index (κ3) is 4.03. The van der Waals surface area contributed by atoms with Crippen molar-refractivity contribution in [3.05, 3.63) is 76.4 Å². The summed E-state index contributed by atoms with van der Waals surface area (Å²) in [4.78, 5) is 28.5. The Morgan fingerprint density at radius 1 is 1.12 bits per heavy atom. The van der Waals surface area contributed by atoms with Gasteiger partial charge in [-0.15, -0.1) is 0 Å². The summed E-state index contributed by atoms with van der Waals surface area (Å²) >= 11 is 3.44. The van der Waals surface area contributed by atoms with Gasteiger partial charge in [0, 0.05) is 22.5 Å². The van der Waals surface area contributed by atoms with Crippen LogP contribution in [0.25, 0.3) is 10.9 Å². The van der Waals surface area contributed by atoms with Crippen molar-refractivity contribution in [2.45, 2.75) is 12.5 Å². The van der Waals surface area contributed by atoms with Crippen LogP contribution in [-0.2, 0) is 11.2 Å². The molecule has 3 rings (SSSR count). The van der Waals surface area contributed by atoms with Crippen LogP contribution in [0.3, 0.4) is 0 Å². The van der Waals surface area contributed by atoms with Gasteiger partial charge in [-0.25, -0.2) is 0 Å². The molecule has 0 saturated heterocycles. The predicted molar refractivity (Wildman–Crippen MR) is 100 cm³/mol. The highest BCUT2D eigenvalue weighted by atomic mass is 79.9. The summed E-state index contributed by atoms with van der Waals surface area (Å²) in [6.07, 6.45) is 1.80. The van der Waals surface area contributed by atoms with Gasteiger partial charge in [-0.1, -0.05) is 52.3 Å². The van der Waals surface area contributed by atoms with Gasteiger partial charge in [-0.05, 0) is 23.8 Å². The van der Waals surface area contributed by atoms with Crippen molar-refractivity contribution in [2.24, 2.45) is 5.73 Å². The number of nitrogens with one attached hydrogen (secondary N) is 1. The lowest BCUT2D eigenvalue weighted by Gasteiger charge is -2.16. The third-order valence-electron chi connectivity index (χ3n) is 3.88. The molecule has 1 heterocycles. The molecular weight excluding hydrogens is 382 g/mol. The molecule has 5 nitrogen and oxygen atoms in total. The highest BCUT2D eigenvalue weighted by molar-refractivity contribution is 9.10. The van der Waals surface area contributed by atoms with Crippen LogP contribution in [0.15, 0.2) is 65.3 Å². The summed E-state index contributed by atoms with van der Waals surface area (Å²) < 4.78 is 0.864. The maximum Gasteiger partial charge on any atom is 0.253 e. The average Bonchev–Trinajstić information content (AvgIpc) is 2.62. The first-order chi connectivity index (χ1) is 12.0. The minimum absolute atomic E-state index is 0.309. The Kier molecular flexibility index (Phi) is 5.09. The number of amides is 2. The Hall–Kier alpha value is -2.73. The maximum atomic E-state index is 12.5. The second-order valence-corrected chi connectivity index (χ2v) is 6.49. The van der Waals surface area contributed by atoms with Gasteiger partial charge in [-0.3, -0.25) is 14.6 Å². The molecule has 2 amide bonds. The van der Waals surface area contributed by atoms with E-state index < -0.39 is 11.9 Å². The van der Waals surface area contributed by atoms with Crippen LogP contribution in [0, 0.1) is 0 Å². The number of carbonyl (C=O) groups excluding carboxylic acids is 2. The molecular formula is C19H16BrN3O2. The number of pyridine rings is 1. The summed E-state index contributed by atoms with van der Waals surface area (Å²) in [5.41, 5.74) is 7.55. The molecule has 3 aromatic rings. The molecule has 0 unspecified atom stereocenters. The Balaban J connectivity index is 1.80. The molecule has 0 aliphatic rings. The van der Waals surface area contributed by atoms with Crippen molar-refractivity contribution in [1.29, 1.82) is 0 Å². The fraction of sp³-hybridized carbons (Fsp3) is 0.105. The van der Waals surface area contributed by atoms with E-state index in [9.17, 15) is 9.59 Å². The topological polar surface area (TPSA) is 85.1 Å². The summed E-state index contributed by atoms with van der Waals surface area (Å²) in [6.45, 7) is 0. The molecule has 6 heteroatoms. The van der Waals surface area contributed by atoms with E-state index in [1.165, 1.54) is 6.20 Å². The highest BCUT2D eigenvalue weighted by Gasteiger charge is 2.20. The van der Waals surface area contributed by atoms with Crippen LogP contribution in [0.5, 0.6) is 0 Å². The van der Waals surface area contributed by atoms with E-state index in [0.717, 1.165) is 20.9 Å².